The summed E-state index contributed by atoms with van der Waals surface area (Å²) in [6, 6.07) is 20.1. The van der Waals surface area contributed by atoms with E-state index in [1.54, 1.807) is 0 Å². The van der Waals surface area contributed by atoms with Gasteiger partial charge in [-0.1, -0.05) is 48.5 Å². The summed E-state index contributed by atoms with van der Waals surface area (Å²) in [5, 5.41) is 9.41. The fourth-order valence-corrected chi connectivity index (χ4v) is 2.58. The molecule has 0 saturated heterocycles. The molecule has 2 N–H and O–H groups in total. The van der Waals surface area contributed by atoms with E-state index in [1.165, 1.54) is 0 Å². The van der Waals surface area contributed by atoms with Crippen molar-refractivity contribution in [3.05, 3.63) is 65.7 Å². The van der Waals surface area contributed by atoms with Crippen molar-refractivity contribution in [2.24, 2.45) is 16.6 Å². The number of nitriles is 1. The third-order valence-corrected chi connectivity index (χ3v) is 3.47. The number of amidine groups is 1. The first-order chi connectivity index (χ1) is 9.31. The number of fused-ring (bicyclic) bond motifs is 1. The van der Waals surface area contributed by atoms with Crippen LogP contribution in [0.1, 0.15) is 17.0 Å². The largest absolute Gasteiger partial charge is 0.386 e. The van der Waals surface area contributed by atoms with Crippen LogP contribution < -0.4 is 5.73 Å². The van der Waals surface area contributed by atoms with Gasteiger partial charge in [0, 0.05) is 5.92 Å². The second kappa shape index (κ2) is 4.58. The Bertz CT molecular complexity index is 668. The molecule has 2 unspecified atom stereocenters. The lowest BCUT2D eigenvalue weighted by Crippen LogP contribution is -2.31. The van der Waals surface area contributed by atoms with Gasteiger partial charge >= 0.3 is 0 Å². The molecular weight excluding hydrogens is 234 g/mol. The summed E-state index contributed by atoms with van der Waals surface area (Å²) >= 11 is 0. The van der Waals surface area contributed by atoms with Gasteiger partial charge in [0.2, 0.25) is 0 Å². The minimum Gasteiger partial charge on any atom is -0.386 e. The molecule has 0 radical (unpaired) electrons. The highest BCUT2D eigenvalue weighted by molar-refractivity contribution is 5.91. The van der Waals surface area contributed by atoms with Crippen LogP contribution in [0, 0.1) is 17.2 Å². The first kappa shape index (κ1) is 11.5. The minimum absolute atomic E-state index is 0.0418. The van der Waals surface area contributed by atoms with Crippen LogP contribution in [-0.2, 0) is 0 Å². The molecule has 0 spiro atoms. The Morgan fingerprint density at radius 2 is 1.68 bits per heavy atom. The number of rotatable bonds is 1. The highest BCUT2D eigenvalue weighted by atomic mass is 14.9. The van der Waals surface area contributed by atoms with Crippen LogP contribution in [0.4, 0.5) is 5.69 Å². The van der Waals surface area contributed by atoms with E-state index in [0.717, 1.165) is 16.8 Å². The number of benzene rings is 2. The van der Waals surface area contributed by atoms with E-state index < -0.39 is 5.92 Å². The van der Waals surface area contributed by atoms with Crippen LogP contribution in [0.25, 0.3) is 0 Å². The fraction of sp³-hybridized carbons (Fsp3) is 0.125. The molecule has 3 heteroatoms. The highest BCUT2D eigenvalue weighted by Crippen LogP contribution is 2.40. The maximum atomic E-state index is 9.41. The predicted molar refractivity (Wildman–Crippen MR) is 75.1 cm³/mol. The molecular formula is C16H13N3. The summed E-state index contributed by atoms with van der Waals surface area (Å²) < 4.78 is 0. The summed E-state index contributed by atoms with van der Waals surface area (Å²) in [6.45, 7) is 0. The molecule has 0 aromatic heterocycles. The Kier molecular flexibility index (Phi) is 2.77. The van der Waals surface area contributed by atoms with Gasteiger partial charge in [-0.15, -0.1) is 0 Å². The zero-order valence-corrected chi connectivity index (χ0v) is 10.3. The molecule has 1 heterocycles. The average Bonchev–Trinajstić information content (AvgIpc) is 2.46. The Hall–Kier alpha value is -2.60. The topological polar surface area (TPSA) is 62.2 Å². The van der Waals surface area contributed by atoms with Gasteiger partial charge < -0.3 is 5.73 Å². The van der Waals surface area contributed by atoms with Gasteiger partial charge in [0.1, 0.15) is 11.8 Å². The van der Waals surface area contributed by atoms with E-state index in [0.29, 0.717) is 5.84 Å². The fourth-order valence-electron chi connectivity index (χ4n) is 2.58. The van der Waals surface area contributed by atoms with Gasteiger partial charge in [-0.25, -0.2) is 4.99 Å². The Morgan fingerprint density at radius 3 is 2.42 bits per heavy atom. The maximum absolute atomic E-state index is 9.41. The molecule has 2 aromatic carbocycles. The molecule has 3 rings (SSSR count). The molecule has 1 aliphatic rings. The minimum atomic E-state index is -0.405. The Balaban J connectivity index is 2.21. The van der Waals surface area contributed by atoms with Crippen molar-refractivity contribution < 1.29 is 0 Å². The third-order valence-electron chi connectivity index (χ3n) is 3.47. The van der Waals surface area contributed by atoms with E-state index in [2.05, 4.69) is 11.1 Å². The lowest BCUT2D eigenvalue weighted by atomic mass is 9.78. The first-order valence-corrected chi connectivity index (χ1v) is 6.19. The number of nitrogens with two attached hydrogens (primary N) is 1. The lowest BCUT2D eigenvalue weighted by Gasteiger charge is -2.27. The summed E-state index contributed by atoms with van der Waals surface area (Å²) in [4.78, 5) is 4.35. The number of hydrogen-bond donors (Lipinski definition) is 1. The molecule has 3 nitrogen and oxygen atoms in total. The SMILES string of the molecule is N#CC1C(N)=Nc2ccccc2C1c1ccccc1. The zero-order valence-electron chi connectivity index (χ0n) is 10.3. The number of hydrogen-bond acceptors (Lipinski definition) is 3. The molecule has 19 heavy (non-hydrogen) atoms. The standard InChI is InChI=1S/C16H13N3/c17-10-13-15(11-6-2-1-3-7-11)12-8-4-5-9-14(12)19-16(13)18/h1-9,13,15H,(H2,18,19). The van der Waals surface area contributed by atoms with Crippen LogP contribution in [-0.4, -0.2) is 5.84 Å². The van der Waals surface area contributed by atoms with E-state index in [1.807, 2.05) is 54.6 Å². The van der Waals surface area contributed by atoms with Crippen molar-refractivity contribution in [1.82, 2.24) is 0 Å². The van der Waals surface area contributed by atoms with Crippen molar-refractivity contribution in [1.29, 1.82) is 5.26 Å². The van der Waals surface area contributed by atoms with E-state index in [-0.39, 0.29) is 5.92 Å². The zero-order chi connectivity index (χ0) is 13.2. The molecule has 0 fully saturated rings. The van der Waals surface area contributed by atoms with Crippen molar-refractivity contribution in [2.45, 2.75) is 5.92 Å². The molecule has 2 atom stereocenters. The van der Waals surface area contributed by atoms with Crippen LogP contribution in [0.2, 0.25) is 0 Å². The molecule has 2 aromatic rings. The number of nitrogens with zero attached hydrogens (tertiary/aromatic N) is 2. The smallest absolute Gasteiger partial charge is 0.118 e. The Labute approximate surface area is 112 Å². The van der Waals surface area contributed by atoms with Gasteiger partial charge in [-0.2, -0.15) is 5.26 Å². The second-order valence-corrected chi connectivity index (χ2v) is 4.59. The van der Waals surface area contributed by atoms with Gasteiger partial charge in [0.15, 0.2) is 0 Å². The van der Waals surface area contributed by atoms with Gasteiger partial charge in [-0.3, -0.25) is 0 Å². The van der Waals surface area contributed by atoms with Gasteiger partial charge in [0.05, 0.1) is 11.8 Å². The molecule has 0 bridgehead atoms. The van der Waals surface area contributed by atoms with Crippen molar-refractivity contribution in [3.63, 3.8) is 0 Å². The Morgan fingerprint density at radius 1 is 1.00 bits per heavy atom. The van der Waals surface area contributed by atoms with E-state index >= 15 is 0 Å². The molecule has 1 aliphatic heterocycles. The third kappa shape index (κ3) is 1.88. The molecule has 92 valence electrons. The van der Waals surface area contributed by atoms with Gasteiger partial charge in [0.25, 0.3) is 0 Å². The maximum Gasteiger partial charge on any atom is 0.118 e. The van der Waals surface area contributed by atoms with Crippen LogP contribution >= 0.6 is 0 Å². The lowest BCUT2D eigenvalue weighted by molar-refractivity contribution is 0.713. The molecule has 0 saturated carbocycles. The monoisotopic (exact) mass is 247 g/mol. The van der Waals surface area contributed by atoms with E-state index in [4.69, 9.17) is 5.73 Å². The highest BCUT2D eigenvalue weighted by Gasteiger charge is 2.32. The molecule has 0 aliphatic carbocycles. The average molecular weight is 247 g/mol. The summed E-state index contributed by atoms with van der Waals surface area (Å²) in [5.74, 6) is -0.0488. The summed E-state index contributed by atoms with van der Waals surface area (Å²) in [5.41, 5.74) is 8.98. The second-order valence-electron chi connectivity index (χ2n) is 4.59. The van der Waals surface area contributed by atoms with Crippen molar-refractivity contribution in [3.8, 4) is 6.07 Å². The van der Waals surface area contributed by atoms with Gasteiger partial charge in [-0.05, 0) is 17.2 Å². The van der Waals surface area contributed by atoms with Crippen molar-refractivity contribution >= 4 is 11.5 Å². The summed E-state index contributed by atoms with van der Waals surface area (Å²) in [6.07, 6.45) is 0. The molecule has 0 amide bonds. The number of para-hydroxylation sites is 1. The van der Waals surface area contributed by atoms with Crippen molar-refractivity contribution in [2.75, 3.05) is 0 Å². The van der Waals surface area contributed by atoms with Crippen LogP contribution in [0.15, 0.2) is 59.6 Å². The quantitative estimate of drug-likeness (QED) is 0.842. The predicted octanol–water partition coefficient (Wildman–Crippen LogP) is 2.96. The van der Waals surface area contributed by atoms with E-state index in [9.17, 15) is 5.26 Å². The normalized spacial score (nSPS) is 21.1. The first-order valence-electron chi connectivity index (χ1n) is 6.19. The van der Waals surface area contributed by atoms with Crippen LogP contribution in [0.5, 0.6) is 0 Å². The number of aliphatic imine (C=N–C) groups is 1. The van der Waals surface area contributed by atoms with Crippen LogP contribution in [0.3, 0.4) is 0 Å². The summed E-state index contributed by atoms with van der Waals surface area (Å²) in [7, 11) is 0.